The zero-order valence-electron chi connectivity index (χ0n) is 11.1. The van der Waals surface area contributed by atoms with Crippen molar-refractivity contribution >= 4 is 11.7 Å². The summed E-state index contributed by atoms with van der Waals surface area (Å²) < 4.78 is 0. The fourth-order valence-electron chi connectivity index (χ4n) is 2.96. The molecule has 2 fully saturated rings. The predicted octanol–water partition coefficient (Wildman–Crippen LogP) is 2.50. The summed E-state index contributed by atoms with van der Waals surface area (Å²) in [5.41, 5.74) is 7.51. The Morgan fingerprint density at radius 2 is 2.00 bits per heavy atom. The number of benzene rings is 1. The molecule has 2 aliphatic rings. The fraction of sp³-hybridized carbons (Fsp3) is 0.533. The number of rotatable bonds is 3. The summed E-state index contributed by atoms with van der Waals surface area (Å²) in [5, 5.41) is 6.21. The quantitative estimate of drug-likeness (QED) is 0.730. The zero-order valence-corrected chi connectivity index (χ0v) is 11.1. The summed E-state index contributed by atoms with van der Waals surface area (Å²) >= 11 is 0. The number of urea groups is 1. The van der Waals surface area contributed by atoms with Crippen LogP contribution in [0.25, 0.3) is 0 Å². The lowest BCUT2D eigenvalue weighted by Crippen LogP contribution is -2.45. The third-order valence-corrected chi connectivity index (χ3v) is 4.23. The van der Waals surface area contributed by atoms with Crippen LogP contribution < -0.4 is 16.4 Å². The molecule has 0 atom stereocenters. The molecule has 0 aliphatic heterocycles. The van der Waals surface area contributed by atoms with Gasteiger partial charge in [-0.25, -0.2) is 4.79 Å². The molecule has 0 unspecified atom stereocenters. The summed E-state index contributed by atoms with van der Waals surface area (Å²) in [6.45, 7) is 0. The molecule has 2 aliphatic carbocycles. The van der Waals surface area contributed by atoms with Gasteiger partial charge in [0.05, 0.1) is 5.54 Å². The van der Waals surface area contributed by atoms with Gasteiger partial charge in [-0.1, -0.05) is 25.0 Å². The van der Waals surface area contributed by atoms with Crippen molar-refractivity contribution in [3.05, 3.63) is 29.8 Å². The van der Waals surface area contributed by atoms with Crippen molar-refractivity contribution in [3.63, 3.8) is 0 Å². The molecule has 19 heavy (non-hydrogen) atoms. The third kappa shape index (κ3) is 2.67. The van der Waals surface area contributed by atoms with Gasteiger partial charge in [0.25, 0.3) is 0 Å². The number of amides is 2. The molecule has 1 aromatic rings. The first-order valence-electron chi connectivity index (χ1n) is 7.13. The lowest BCUT2D eigenvalue weighted by Gasteiger charge is -2.20. The molecule has 2 amide bonds. The van der Waals surface area contributed by atoms with Crippen LogP contribution in [0.2, 0.25) is 0 Å². The fourth-order valence-corrected chi connectivity index (χ4v) is 2.96. The van der Waals surface area contributed by atoms with Gasteiger partial charge in [0.15, 0.2) is 0 Å². The highest BCUT2D eigenvalue weighted by molar-refractivity contribution is 5.76. The maximum Gasteiger partial charge on any atom is 0.315 e. The van der Waals surface area contributed by atoms with E-state index in [1.54, 1.807) is 0 Å². The van der Waals surface area contributed by atoms with Crippen LogP contribution in [0.1, 0.15) is 44.1 Å². The second-order valence-corrected chi connectivity index (χ2v) is 5.79. The predicted molar refractivity (Wildman–Crippen MR) is 75.7 cm³/mol. The summed E-state index contributed by atoms with van der Waals surface area (Å²) in [6.07, 6.45) is 6.66. The van der Waals surface area contributed by atoms with Gasteiger partial charge in [-0.15, -0.1) is 0 Å². The van der Waals surface area contributed by atoms with Crippen molar-refractivity contribution in [2.24, 2.45) is 0 Å². The Kier molecular flexibility index (Phi) is 3.09. The minimum atomic E-state index is -0.182. The monoisotopic (exact) mass is 259 g/mol. The summed E-state index contributed by atoms with van der Waals surface area (Å²) in [5.74, 6) is 0. The van der Waals surface area contributed by atoms with E-state index in [-0.39, 0.29) is 11.6 Å². The number of nitrogens with two attached hydrogens (primary N) is 1. The normalized spacial score (nSPS) is 21.1. The summed E-state index contributed by atoms with van der Waals surface area (Å²) in [4.78, 5) is 12.1. The van der Waals surface area contributed by atoms with Gasteiger partial charge in [0.1, 0.15) is 0 Å². The van der Waals surface area contributed by atoms with Crippen molar-refractivity contribution in [1.29, 1.82) is 0 Å². The van der Waals surface area contributed by atoms with Crippen molar-refractivity contribution in [2.45, 2.75) is 50.1 Å². The van der Waals surface area contributed by atoms with Gasteiger partial charge in [0.2, 0.25) is 0 Å². The van der Waals surface area contributed by atoms with Gasteiger partial charge in [-0.2, -0.15) is 0 Å². The maximum atomic E-state index is 12.1. The molecule has 0 bridgehead atoms. The van der Waals surface area contributed by atoms with Crippen molar-refractivity contribution in [3.8, 4) is 0 Å². The number of carbonyl (C=O) groups is 1. The number of nitrogens with one attached hydrogen (secondary N) is 2. The third-order valence-electron chi connectivity index (χ3n) is 4.23. The first-order chi connectivity index (χ1) is 9.18. The SMILES string of the molecule is Nc1cccc(C2(NC(=O)NC3CCCC3)CC2)c1. The molecule has 4 N–H and O–H groups in total. The molecule has 3 rings (SSSR count). The largest absolute Gasteiger partial charge is 0.399 e. The summed E-state index contributed by atoms with van der Waals surface area (Å²) in [7, 11) is 0. The van der Waals surface area contributed by atoms with Crippen molar-refractivity contribution in [2.75, 3.05) is 5.73 Å². The Bertz CT molecular complexity index is 476. The first-order valence-corrected chi connectivity index (χ1v) is 7.13. The second-order valence-electron chi connectivity index (χ2n) is 5.79. The first kappa shape index (κ1) is 12.3. The zero-order chi connectivity index (χ0) is 13.3. The van der Waals surface area contributed by atoms with Crippen molar-refractivity contribution < 1.29 is 4.79 Å². The molecule has 0 radical (unpaired) electrons. The molecule has 102 valence electrons. The molecule has 0 spiro atoms. The van der Waals surface area contributed by atoms with Crippen LogP contribution in [0.15, 0.2) is 24.3 Å². The minimum absolute atomic E-state index is 0.0353. The van der Waals surface area contributed by atoms with E-state index in [0.29, 0.717) is 6.04 Å². The standard InChI is InChI=1S/C15H21N3O/c16-12-5-3-4-11(10-12)15(8-9-15)18-14(19)17-13-6-1-2-7-13/h3-5,10,13H,1-2,6-9,16H2,(H2,17,18,19). The van der Waals surface area contributed by atoms with Crippen molar-refractivity contribution in [1.82, 2.24) is 10.6 Å². The number of hydrogen-bond donors (Lipinski definition) is 3. The molecule has 0 aromatic heterocycles. The van der Waals surface area contributed by atoms with Gasteiger partial charge in [0, 0.05) is 11.7 Å². The highest BCUT2D eigenvalue weighted by Gasteiger charge is 2.45. The highest BCUT2D eigenvalue weighted by Crippen LogP contribution is 2.45. The van der Waals surface area contributed by atoms with Gasteiger partial charge in [-0.3, -0.25) is 0 Å². The van der Waals surface area contributed by atoms with Gasteiger partial charge >= 0.3 is 6.03 Å². The summed E-state index contributed by atoms with van der Waals surface area (Å²) in [6, 6.07) is 8.14. The molecule has 0 heterocycles. The number of hydrogen-bond acceptors (Lipinski definition) is 2. The Hall–Kier alpha value is -1.71. The van der Waals surface area contributed by atoms with Crippen LogP contribution in [0.3, 0.4) is 0 Å². The lowest BCUT2D eigenvalue weighted by atomic mass is 10.0. The van der Waals surface area contributed by atoms with E-state index in [2.05, 4.69) is 10.6 Å². The van der Waals surface area contributed by atoms with E-state index < -0.39 is 0 Å². The Balaban J connectivity index is 1.63. The van der Waals surface area contributed by atoms with Crippen LogP contribution in [0.4, 0.5) is 10.5 Å². The van der Waals surface area contributed by atoms with E-state index >= 15 is 0 Å². The Morgan fingerprint density at radius 1 is 1.26 bits per heavy atom. The average molecular weight is 259 g/mol. The topological polar surface area (TPSA) is 67.1 Å². The van der Waals surface area contributed by atoms with E-state index in [0.717, 1.165) is 36.9 Å². The van der Waals surface area contributed by atoms with Crippen LogP contribution in [0, 0.1) is 0 Å². The lowest BCUT2D eigenvalue weighted by molar-refractivity contribution is 0.232. The maximum absolute atomic E-state index is 12.1. The van der Waals surface area contributed by atoms with Crippen LogP contribution in [-0.2, 0) is 5.54 Å². The van der Waals surface area contributed by atoms with E-state index in [1.165, 1.54) is 12.8 Å². The van der Waals surface area contributed by atoms with Gasteiger partial charge in [-0.05, 0) is 43.4 Å². The Labute approximate surface area is 113 Å². The van der Waals surface area contributed by atoms with Crippen LogP contribution >= 0.6 is 0 Å². The molecule has 4 heteroatoms. The molecule has 2 saturated carbocycles. The Morgan fingerprint density at radius 3 is 2.63 bits per heavy atom. The molecule has 0 saturated heterocycles. The highest BCUT2D eigenvalue weighted by atomic mass is 16.2. The minimum Gasteiger partial charge on any atom is -0.399 e. The average Bonchev–Trinajstić information content (AvgIpc) is 2.97. The number of carbonyl (C=O) groups excluding carboxylic acids is 1. The van der Waals surface area contributed by atoms with Crippen LogP contribution in [0.5, 0.6) is 0 Å². The van der Waals surface area contributed by atoms with E-state index in [9.17, 15) is 4.79 Å². The smallest absolute Gasteiger partial charge is 0.315 e. The molecular weight excluding hydrogens is 238 g/mol. The molecule has 1 aromatic carbocycles. The van der Waals surface area contributed by atoms with Crippen LogP contribution in [-0.4, -0.2) is 12.1 Å². The number of anilines is 1. The number of nitrogen functional groups attached to an aromatic ring is 1. The molecule has 4 nitrogen and oxygen atoms in total. The molecular formula is C15H21N3O. The van der Waals surface area contributed by atoms with E-state index in [1.807, 2.05) is 24.3 Å². The second kappa shape index (κ2) is 4.76. The van der Waals surface area contributed by atoms with E-state index in [4.69, 9.17) is 5.73 Å². The van der Waals surface area contributed by atoms with Gasteiger partial charge < -0.3 is 16.4 Å².